The van der Waals surface area contributed by atoms with Crippen LogP contribution in [0.15, 0.2) is 18.2 Å². The number of carbonyl (C=O) groups excluding carboxylic acids is 2. The maximum absolute atomic E-state index is 11.8. The highest BCUT2D eigenvalue weighted by Gasteiger charge is 2.10. The maximum Gasteiger partial charge on any atom is 0.229 e. The number of methoxy groups -OCH3 is 2. The number of benzene rings is 1. The van der Waals surface area contributed by atoms with Gasteiger partial charge in [-0.1, -0.05) is 6.07 Å². The zero-order valence-electron chi connectivity index (χ0n) is 14.8. The second kappa shape index (κ2) is 10.5. The van der Waals surface area contributed by atoms with Crippen LogP contribution in [0.25, 0.3) is 0 Å². The summed E-state index contributed by atoms with van der Waals surface area (Å²) in [6, 6.07) is 5.40. The molecule has 0 aromatic heterocycles. The molecule has 0 heterocycles. The largest absolute Gasteiger partial charge is 0.493 e. The summed E-state index contributed by atoms with van der Waals surface area (Å²) in [4.78, 5) is 25.5. The van der Waals surface area contributed by atoms with Crippen LogP contribution in [0.2, 0.25) is 0 Å². The number of hydrogen-bond donors (Lipinski definition) is 2. The van der Waals surface area contributed by atoms with E-state index < -0.39 is 0 Å². The fourth-order valence-corrected chi connectivity index (χ4v) is 2.09. The summed E-state index contributed by atoms with van der Waals surface area (Å²) in [5.41, 5.74) is 0.868. The Balaban J connectivity index is 2.34. The molecule has 7 nitrogen and oxygen atoms in total. The number of nitrogens with zero attached hydrogens (tertiary/aromatic N) is 1. The molecule has 0 aliphatic carbocycles. The van der Waals surface area contributed by atoms with Gasteiger partial charge in [0.15, 0.2) is 11.5 Å². The monoisotopic (exact) mass is 337 g/mol. The number of rotatable bonds is 10. The smallest absolute Gasteiger partial charge is 0.229 e. The zero-order chi connectivity index (χ0) is 17.9. The first-order valence-electron chi connectivity index (χ1n) is 7.85. The van der Waals surface area contributed by atoms with Gasteiger partial charge in [-0.25, -0.2) is 0 Å². The van der Waals surface area contributed by atoms with Gasteiger partial charge in [-0.15, -0.1) is 0 Å². The predicted molar refractivity (Wildman–Crippen MR) is 92.2 cm³/mol. The number of amides is 2. The average Bonchev–Trinajstić information content (AvgIpc) is 2.56. The van der Waals surface area contributed by atoms with Gasteiger partial charge in [0.05, 0.1) is 14.2 Å². The summed E-state index contributed by atoms with van der Waals surface area (Å²) < 4.78 is 10.4. The van der Waals surface area contributed by atoms with Crippen LogP contribution in [-0.4, -0.2) is 58.1 Å². The molecule has 1 rings (SSSR count). The first-order valence-corrected chi connectivity index (χ1v) is 7.85. The van der Waals surface area contributed by atoms with Gasteiger partial charge < -0.3 is 25.0 Å². The molecule has 2 N–H and O–H groups in total. The molecule has 2 amide bonds. The molecule has 1 aromatic rings. The lowest BCUT2D eigenvalue weighted by molar-refractivity contribution is -0.129. The first-order chi connectivity index (χ1) is 11.5. The Hall–Kier alpha value is -2.28. The summed E-state index contributed by atoms with van der Waals surface area (Å²) in [5, 5.41) is 5.46. The molecular formula is C17H27N3O4. The molecule has 0 aliphatic heterocycles. The molecule has 24 heavy (non-hydrogen) atoms. The van der Waals surface area contributed by atoms with Crippen molar-refractivity contribution < 1.29 is 19.1 Å². The number of hydrogen-bond acceptors (Lipinski definition) is 5. The van der Waals surface area contributed by atoms with Crippen molar-refractivity contribution in [3.8, 4) is 11.5 Å². The van der Waals surface area contributed by atoms with Gasteiger partial charge in [-0.05, 0) is 44.8 Å². The van der Waals surface area contributed by atoms with Crippen molar-refractivity contribution in [2.75, 3.05) is 41.4 Å². The highest BCUT2D eigenvalue weighted by molar-refractivity contribution is 5.96. The Bertz CT molecular complexity index is 547. The van der Waals surface area contributed by atoms with Gasteiger partial charge >= 0.3 is 0 Å². The minimum absolute atomic E-state index is 0.171. The Kier molecular flexibility index (Phi) is 8.64. The molecule has 0 spiro atoms. The summed E-state index contributed by atoms with van der Waals surface area (Å²) in [7, 11) is 7.07. The molecule has 0 saturated carbocycles. The number of carbonyl (C=O) groups is 2. The normalized spacial score (nSPS) is 10.4. The van der Waals surface area contributed by atoms with Crippen LogP contribution >= 0.6 is 0 Å². The van der Waals surface area contributed by atoms with Crippen LogP contribution in [0.4, 0.5) is 0 Å². The van der Waals surface area contributed by atoms with Crippen LogP contribution in [0, 0.1) is 0 Å². The quantitative estimate of drug-likeness (QED) is 0.487. The molecule has 0 aliphatic rings. The fourth-order valence-electron chi connectivity index (χ4n) is 2.09. The Morgan fingerprint density at radius 3 is 2.33 bits per heavy atom. The van der Waals surface area contributed by atoms with E-state index >= 15 is 0 Å². The summed E-state index contributed by atoms with van der Waals surface area (Å²) in [6.07, 6.45) is 0.682. The predicted octanol–water partition coefficient (Wildman–Crippen LogP) is 0.778. The number of ether oxygens (including phenoxy) is 2. The highest BCUT2D eigenvalue weighted by Crippen LogP contribution is 2.27. The Morgan fingerprint density at radius 1 is 1.04 bits per heavy atom. The standard InChI is InChI=1S/C17H27N3O4/c1-20(2)9-5-8-18-16(21)11-17(22)19-12-13-6-7-14(23-3)15(10-13)24-4/h6-7,10H,5,8-9,11-12H2,1-4H3,(H,18,21)(H,19,22). The third kappa shape index (κ3) is 7.32. The molecule has 0 radical (unpaired) electrons. The van der Waals surface area contributed by atoms with Crippen LogP contribution in [0.1, 0.15) is 18.4 Å². The second-order valence-electron chi connectivity index (χ2n) is 5.65. The van der Waals surface area contributed by atoms with E-state index in [1.807, 2.05) is 25.1 Å². The van der Waals surface area contributed by atoms with E-state index in [9.17, 15) is 9.59 Å². The third-order valence-corrected chi connectivity index (χ3v) is 3.36. The molecular weight excluding hydrogens is 310 g/mol. The average molecular weight is 337 g/mol. The Morgan fingerprint density at radius 2 is 1.71 bits per heavy atom. The molecule has 0 bridgehead atoms. The first kappa shape index (κ1) is 19.8. The van der Waals surface area contributed by atoms with Crippen molar-refractivity contribution in [1.82, 2.24) is 15.5 Å². The van der Waals surface area contributed by atoms with Crippen LogP contribution in [-0.2, 0) is 16.1 Å². The van der Waals surface area contributed by atoms with Gasteiger partial charge in [-0.3, -0.25) is 9.59 Å². The molecule has 134 valence electrons. The van der Waals surface area contributed by atoms with Gasteiger partial charge in [0.2, 0.25) is 11.8 Å². The molecule has 0 unspecified atom stereocenters. The summed E-state index contributed by atoms with van der Waals surface area (Å²) in [6.45, 7) is 1.79. The van der Waals surface area contributed by atoms with Crippen molar-refractivity contribution in [2.24, 2.45) is 0 Å². The van der Waals surface area contributed by atoms with Crippen molar-refractivity contribution >= 4 is 11.8 Å². The summed E-state index contributed by atoms with van der Waals surface area (Å²) >= 11 is 0. The minimum Gasteiger partial charge on any atom is -0.493 e. The van der Waals surface area contributed by atoms with Crippen molar-refractivity contribution in [1.29, 1.82) is 0 Å². The van der Waals surface area contributed by atoms with Crippen molar-refractivity contribution in [2.45, 2.75) is 19.4 Å². The van der Waals surface area contributed by atoms with E-state index in [1.165, 1.54) is 0 Å². The van der Waals surface area contributed by atoms with Gasteiger partial charge in [0.1, 0.15) is 6.42 Å². The van der Waals surface area contributed by atoms with Crippen LogP contribution < -0.4 is 20.1 Å². The lowest BCUT2D eigenvalue weighted by Gasteiger charge is -2.11. The maximum atomic E-state index is 11.8. The topological polar surface area (TPSA) is 79.9 Å². The molecule has 1 aromatic carbocycles. The van der Waals surface area contributed by atoms with Gasteiger partial charge in [0.25, 0.3) is 0 Å². The lowest BCUT2D eigenvalue weighted by atomic mass is 10.2. The van der Waals surface area contributed by atoms with Crippen LogP contribution in [0.3, 0.4) is 0 Å². The molecule has 0 fully saturated rings. The lowest BCUT2D eigenvalue weighted by Crippen LogP contribution is -2.33. The van der Waals surface area contributed by atoms with Crippen molar-refractivity contribution in [3.63, 3.8) is 0 Å². The minimum atomic E-state index is -0.310. The fraction of sp³-hybridized carbons (Fsp3) is 0.529. The van der Waals surface area contributed by atoms with Crippen molar-refractivity contribution in [3.05, 3.63) is 23.8 Å². The highest BCUT2D eigenvalue weighted by atomic mass is 16.5. The van der Waals surface area contributed by atoms with E-state index in [4.69, 9.17) is 9.47 Å². The third-order valence-electron chi connectivity index (χ3n) is 3.36. The molecule has 0 saturated heterocycles. The zero-order valence-corrected chi connectivity index (χ0v) is 14.8. The second-order valence-corrected chi connectivity index (χ2v) is 5.65. The van der Waals surface area contributed by atoms with E-state index in [0.717, 1.165) is 18.5 Å². The Labute approximate surface area is 143 Å². The van der Waals surface area contributed by atoms with E-state index in [2.05, 4.69) is 10.6 Å². The SMILES string of the molecule is COc1ccc(CNC(=O)CC(=O)NCCCN(C)C)cc1OC. The van der Waals surface area contributed by atoms with E-state index in [0.29, 0.717) is 24.6 Å². The van der Waals surface area contributed by atoms with Crippen LogP contribution in [0.5, 0.6) is 11.5 Å². The van der Waals surface area contributed by atoms with Gasteiger partial charge in [0, 0.05) is 13.1 Å². The van der Waals surface area contributed by atoms with E-state index in [-0.39, 0.29) is 18.2 Å². The molecule has 0 atom stereocenters. The van der Waals surface area contributed by atoms with E-state index in [1.54, 1.807) is 26.4 Å². The number of nitrogens with one attached hydrogen (secondary N) is 2. The molecule has 7 heteroatoms. The van der Waals surface area contributed by atoms with Gasteiger partial charge in [-0.2, -0.15) is 0 Å². The summed E-state index contributed by atoms with van der Waals surface area (Å²) in [5.74, 6) is 0.654.